The van der Waals surface area contributed by atoms with Crippen LogP contribution in [0.25, 0.3) is 0 Å². The van der Waals surface area contributed by atoms with Crippen LogP contribution in [0.1, 0.15) is 26.7 Å². The first-order valence-electron chi connectivity index (χ1n) is 4.56. The largest absolute Gasteiger partial charge is 0.317 e. The Hall–Kier alpha value is -0.110. The summed E-state index contributed by atoms with van der Waals surface area (Å²) in [5.41, 5.74) is 0. The van der Waals surface area contributed by atoms with Gasteiger partial charge in [0.1, 0.15) is 6.17 Å². The summed E-state index contributed by atoms with van der Waals surface area (Å²) in [6, 6.07) is 0. The smallest absolute Gasteiger partial charge is 0.105 e. The molecule has 0 bridgehead atoms. The zero-order valence-electron chi connectivity index (χ0n) is 7.44. The number of hydrogen-bond acceptors (Lipinski definition) is 1. The number of halogens is 1. The molecule has 0 spiro atoms. The fourth-order valence-electron chi connectivity index (χ4n) is 1.71. The van der Waals surface area contributed by atoms with E-state index < -0.39 is 6.17 Å². The Bertz CT molecular complexity index is 108. The lowest BCUT2D eigenvalue weighted by atomic mass is 9.87. The minimum Gasteiger partial charge on any atom is -0.317 e. The lowest BCUT2D eigenvalue weighted by Gasteiger charge is -2.27. The average Bonchev–Trinajstić information content (AvgIpc) is 2.05. The molecule has 1 rings (SSSR count). The van der Waals surface area contributed by atoms with E-state index in [1.165, 1.54) is 0 Å². The summed E-state index contributed by atoms with van der Waals surface area (Å²) in [5, 5.41) is 3.24. The number of alkyl halides is 1. The van der Waals surface area contributed by atoms with Gasteiger partial charge in [0.25, 0.3) is 0 Å². The van der Waals surface area contributed by atoms with Crippen LogP contribution in [-0.4, -0.2) is 19.3 Å². The summed E-state index contributed by atoms with van der Waals surface area (Å²) in [4.78, 5) is 0. The van der Waals surface area contributed by atoms with Crippen LogP contribution in [0.5, 0.6) is 0 Å². The van der Waals surface area contributed by atoms with Gasteiger partial charge >= 0.3 is 0 Å². The Morgan fingerprint density at radius 1 is 1.27 bits per heavy atom. The third kappa shape index (κ3) is 2.44. The van der Waals surface area contributed by atoms with Crippen molar-refractivity contribution in [2.24, 2.45) is 11.8 Å². The van der Waals surface area contributed by atoms with Gasteiger partial charge in [0.05, 0.1) is 0 Å². The molecule has 0 radical (unpaired) electrons. The molecule has 1 aliphatic heterocycles. The maximum absolute atomic E-state index is 13.4. The molecule has 0 unspecified atom stereocenters. The Morgan fingerprint density at radius 3 is 2.27 bits per heavy atom. The molecule has 1 N–H and O–H groups in total. The van der Waals surface area contributed by atoms with E-state index in [-0.39, 0.29) is 5.92 Å². The van der Waals surface area contributed by atoms with Gasteiger partial charge in [-0.05, 0) is 37.8 Å². The average molecular weight is 159 g/mol. The Kier molecular flexibility index (Phi) is 3.31. The molecule has 0 aromatic carbocycles. The fraction of sp³-hybridized carbons (Fsp3) is 1.00. The van der Waals surface area contributed by atoms with Crippen molar-refractivity contribution in [1.82, 2.24) is 5.32 Å². The highest BCUT2D eigenvalue weighted by molar-refractivity contribution is 4.77. The summed E-state index contributed by atoms with van der Waals surface area (Å²) >= 11 is 0. The molecule has 2 heteroatoms. The first-order chi connectivity index (χ1) is 5.22. The van der Waals surface area contributed by atoms with Crippen LogP contribution in [0.2, 0.25) is 0 Å². The van der Waals surface area contributed by atoms with Crippen LogP contribution < -0.4 is 5.32 Å². The normalized spacial score (nSPS) is 24.0. The van der Waals surface area contributed by atoms with E-state index in [4.69, 9.17) is 0 Å². The van der Waals surface area contributed by atoms with Gasteiger partial charge in [-0.15, -0.1) is 0 Å². The van der Waals surface area contributed by atoms with Crippen molar-refractivity contribution in [1.29, 1.82) is 0 Å². The van der Waals surface area contributed by atoms with Crippen molar-refractivity contribution in [3.63, 3.8) is 0 Å². The molecule has 0 amide bonds. The minimum absolute atomic E-state index is 0.193. The van der Waals surface area contributed by atoms with Gasteiger partial charge in [-0.25, -0.2) is 4.39 Å². The van der Waals surface area contributed by atoms with Gasteiger partial charge < -0.3 is 5.32 Å². The zero-order valence-corrected chi connectivity index (χ0v) is 7.44. The molecule has 0 aromatic rings. The van der Waals surface area contributed by atoms with Crippen molar-refractivity contribution < 1.29 is 4.39 Å². The fourth-order valence-corrected chi connectivity index (χ4v) is 1.71. The van der Waals surface area contributed by atoms with Gasteiger partial charge in [0.15, 0.2) is 0 Å². The van der Waals surface area contributed by atoms with Gasteiger partial charge in [0, 0.05) is 0 Å². The summed E-state index contributed by atoms with van der Waals surface area (Å²) in [5.74, 6) is 0.509. The highest BCUT2D eigenvalue weighted by atomic mass is 19.1. The maximum Gasteiger partial charge on any atom is 0.105 e. The Labute approximate surface area is 68.4 Å². The van der Waals surface area contributed by atoms with Crippen molar-refractivity contribution in [3.05, 3.63) is 0 Å². The number of piperidine rings is 1. The first kappa shape index (κ1) is 8.98. The van der Waals surface area contributed by atoms with Gasteiger partial charge in [-0.3, -0.25) is 0 Å². The SMILES string of the molecule is CC(C)[C@@H](F)C1CCNCC1. The maximum atomic E-state index is 13.4. The van der Waals surface area contributed by atoms with Crippen molar-refractivity contribution in [2.75, 3.05) is 13.1 Å². The van der Waals surface area contributed by atoms with E-state index in [0.29, 0.717) is 5.92 Å². The molecule has 1 nitrogen and oxygen atoms in total. The number of hydrogen-bond donors (Lipinski definition) is 1. The molecular formula is C9H18FN. The van der Waals surface area contributed by atoms with E-state index in [1.807, 2.05) is 13.8 Å². The first-order valence-corrected chi connectivity index (χ1v) is 4.56. The van der Waals surface area contributed by atoms with E-state index in [9.17, 15) is 4.39 Å². The molecule has 11 heavy (non-hydrogen) atoms. The highest BCUT2D eigenvalue weighted by Crippen LogP contribution is 2.24. The van der Waals surface area contributed by atoms with Crippen molar-refractivity contribution in [3.8, 4) is 0 Å². The molecular weight excluding hydrogens is 141 g/mol. The number of rotatable bonds is 2. The van der Waals surface area contributed by atoms with Crippen LogP contribution in [0.3, 0.4) is 0 Å². The molecule has 0 aromatic heterocycles. The molecule has 1 fully saturated rings. The second-order valence-corrected chi connectivity index (χ2v) is 3.78. The highest BCUT2D eigenvalue weighted by Gasteiger charge is 2.25. The van der Waals surface area contributed by atoms with Crippen LogP contribution >= 0.6 is 0 Å². The van der Waals surface area contributed by atoms with Gasteiger partial charge in [0.2, 0.25) is 0 Å². The molecule has 0 aliphatic carbocycles. The predicted octanol–water partition coefficient (Wildman–Crippen LogP) is 1.98. The van der Waals surface area contributed by atoms with Crippen molar-refractivity contribution in [2.45, 2.75) is 32.9 Å². The van der Waals surface area contributed by atoms with E-state index in [0.717, 1.165) is 25.9 Å². The quantitative estimate of drug-likeness (QED) is 0.649. The zero-order chi connectivity index (χ0) is 8.27. The van der Waals surface area contributed by atoms with Gasteiger partial charge in [-0.1, -0.05) is 13.8 Å². The van der Waals surface area contributed by atoms with Crippen LogP contribution in [0, 0.1) is 11.8 Å². The van der Waals surface area contributed by atoms with Gasteiger partial charge in [-0.2, -0.15) is 0 Å². The Balaban J connectivity index is 2.32. The summed E-state index contributed by atoms with van der Waals surface area (Å²) < 4.78 is 13.4. The predicted molar refractivity (Wildman–Crippen MR) is 45.3 cm³/mol. The third-order valence-electron chi connectivity index (χ3n) is 2.47. The summed E-state index contributed by atoms with van der Waals surface area (Å²) in [6.45, 7) is 5.93. The summed E-state index contributed by atoms with van der Waals surface area (Å²) in [7, 11) is 0. The molecule has 0 saturated carbocycles. The lowest BCUT2D eigenvalue weighted by Crippen LogP contribution is -2.34. The van der Waals surface area contributed by atoms with Crippen molar-refractivity contribution >= 4 is 0 Å². The molecule has 1 atom stereocenters. The number of nitrogens with one attached hydrogen (secondary N) is 1. The van der Waals surface area contributed by atoms with E-state index in [1.54, 1.807) is 0 Å². The minimum atomic E-state index is -0.586. The summed E-state index contributed by atoms with van der Waals surface area (Å²) in [6.07, 6.45) is 1.44. The molecule has 1 aliphatic rings. The van der Waals surface area contributed by atoms with Crippen LogP contribution in [-0.2, 0) is 0 Å². The Morgan fingerprint density at radius 2 is 1.82 bits per heavy atom. The molecule has 1 heterocycles. The standard InChI is InChI=1S/C9H18FN/c1-7(2)9(10)8-3-5-11-6-4-8/h7-9,11H,3-6H2,1-2H3/t9-/m1/s1. The van der Waals surface area contributed by atoms with E-state index in [2.05, 4.69) is 5.32 Å². The third-order valence-corrected chi connectivity index (χ3v) is 2.47. The second kappa shape index (κ2) is 4.05. The molecule has 66 valence electrons. The van der Waals surface area contributed by atoms with E-state index >= 15 is 0 Å². The lowest BCUT2D eigenvalue weighted by molar-refractivity contribution is 0.140. The molecule has 1 saturated heterocycles. The van der Waals surface area contributed by atoms with Crippen LogP contribution in [0.4, 0.5) is 4.39 Å². The monoisotopic (exact) mass is 159 g/mol. The topological polar surface area (TPSA) is 12.0 Å². The van der Waals surface area contributed by atoms with Crippen LogP contribution in [0.15, 0.2) is 0 Å². The second-order valence-electron chi connectivity index (χ2n) is 3.78.